The number of H-pyrrole nitrogens is 1. The first-order valence-electron chi connectivity index (χ1n) is 17.5. The lowest BCUT2D eigenvalue weighted by Gasteiger charge is -2.40. The maximum atomic E-state index is 14.0. The third-order valence-electron chi connectivity index (χ3n) is 10.6. The minimum Gasteiger partial charge on any atom is -0.493 e. The van der Waals surface area contributed by atoms with Crippen molar-refractivity contribution >= 4 is 22.9 Å². The van der Waals surface area contributed by atoms with E-state index in [-0.39, 0.29) is 11.3 Å². The van der Waals surface area contributed by atoms with Crippen LogP contribution in [0.4, 0.5) is 5.95 Å². The number of hydrogen-bond donors (Lipinski definition) is 1. The number of para-hydroxylation sites is 2. The second-order valence-corrected chi connectivity index (χ2v) is 13.4. The predicted octanol–water partition coefficient (Wildman–Crippen LogP) is 6.33. The van der Waals surface area contributed by atoms with E-state index in [1.807, 2.05) is 35.4 Å². The van der Waals surface area contributed by atoms with Crippen LogP contribution in [0, 0.1) is 0 Å². The minimum atomic E-state index is -0.131. The average molecular weight is 675 g/mol. The lowest BCUT2D eigenvalue weighted by molar-refractivity contribution is 0.0779. The van der Waals surface area contributed by atoms with E-state index in [0.29, 0.717) is 48.5 Å². The molecule has 1 N–H and O–H groups in total. The Hall–Kier alpha value is -5.09. The number of methoxy groups -OCH3 is 3. The minimum absolute atomic E-state index is 0.0264. The molecule has 50 heavy (non-hydrogen) atoms. The summed E-state index contributed by atoms with van der Waals surface area (Å²) in [6.07, 6.45) is 5.82. The van der Waals surface area contributed by atoms with Gasteiger partial charge in [0, 0.05) is 49.4 Å². The van der Waals surface area contributed by atoms with Crippen molar-refractivity contribution in [2.24, 2.45) is 0 Å². The number of imidazole rings is 1. The van der Waals surface area contributed by atoms with Crippen molar-refractivity contribution in [2.75, 3.05) is 59.0 Å². The Kier molecular flexibility index (Phi) is 9.89. The number of benzene rings is 3. The highest BCUT2D eigenvalue weighted by Crippen LogP contribution is 2.41. The second kappa shape index (κ2) is 14.8. The van der Waals surface area contributed by atoms with E-state index in [2.05, 4.69) is 68.3 Å². The Balaban J connectivity index is 1.05. The first kappa shape index (κ1) is 33.4. The summed E-state index contributed by atoms with van der Waals surface area (Å²) in [5.74, 6) is 2.31. The van der Waals surface area contributed by atoms with Gasteiger partial charge in [-0.2, -0.15) is 0 Å². The molecule has 1 atom stereocenters. The van der Waals surface area contributed by atoms with Crippen molar-refractivity contribution in [3.05, 3.63) is 108 Å². The molecule has 1 unspecified atom stereocenters. The lowest BCUT2D eigenvalue weighted by atomic mass is 9.76. The monoisotopic (exact) mass is 674 g/mol. The molecule has 0 bridgehead atoms. The summed E-state index contributed by atoms with van der Waals surface area (Å²) >= 11 is 0. The van der Waals surface area contributed by atoms with Crippen LogP contribution in [-0.4, -0.2) is 90.8 Å². The molecule has 2 fully saturated rings. The number of carbonyl (C=O) groups is 1. The van der Waals surface area contributed by atoms with E-state index in [4.69, 9.17) is 19.2 Å². The SMILES string of the molecule is COc1cc(C(=O)N2CCC(CCN3CCC(N(Cc4ccccn4)c4nc5ccccc5[nH]4)CC3)(c3ccccc3)C2)cc(OC)c1OC. The average Bonchev–Trinajstić information content (AvgIpc) is 3.82. The summed E-state index contributed by atoms with van der Waals surface area (Å²) in [4.78, 5) is 34.2. The van der Waals surface area contributed by atoms with Gasteiger partial charge in [0.25, 0.3) is 5.91 Å². The number of nitrogens with one attached hydrogen (secondary N) is 1. The van der Waals surface area contributed by atoms with E-state index < -0.39 is 0 Å². The number of likely N-dealkylation sites (tertiary alicyclic amines) is 2. The Labute approximate surface area is 294 Å². The molecule has 2 aromatic heterocycles. The van der Waals surface area contributed by atoms with Crippen molar-refractivity contribution in [1.29, 1.82) is 0 Å². The quantitative estimate of drug-likeness (QED) is 0.164. The van der Waals surface area contributed by atoms with Crippen LogP contribution in [0.1, 0.15) is 47.3 Å². The standard InChI is InChI=1S/C40H46N6O4/c1-48-35-25-29(26-36(49-2)37(35)50-3)38(47)45-24-19-40(28-45,30-11-5-4-6-12-30)18-23-44-21-16-32(17-22-44)46(27-31-13-9-10-20-41-31)39-42-33-14-7-8-15-34(33)43-39/h4-15,20,25-26,32H,16-19,21-24,27-28H2,1-3H3,(H,42,43). The predicted molar refractivity (Wildman–Crippen MR) is 195 cm³/mol. The molecule has 2 aliphatic rings. The molecule has 0 spiro atoms. The zero-order valence-electron chi connectivity index (χ0n) is 29.2. The molecule has 2 aliphatic heterocycles. The first-order chi connectivity index (χ1) is 24.5. The van der Waals surface area contributed by atoms with Crippen LogP contribution in [0.3, 0.4) is 0 Å². The zero-order valence-corrected chi connectivity index (χ0v) is 29.2. The van der Waals surface area contributed by atoms with Crippen LogP contribution in [0.5, 0.6) is 17.2 Å². The Bertz CT molecular complexity index is 1830. The molecular formula is C40H46N6O4. The normalized spacial score (nSPS) is 18.3. The molecule has 2 saturated heterocycles. The molecule has 7 rings (SSSR count). The summed E-state index contributed by atoms with van der Waals surface area (Å²) in [7, 11) is 4.71. The largest absolute Gasteiger partial charge is 0.493 e. The Morgan fingerprint density at radius 2 is 1.62 bits per heavy atom. The number of pyridine rings is 1. The number of ether oxygens (including phenoxy) is 3. The molecular weight excluding hydrogens is 628 g/mol. The highest BCUT2D eigenvalue weighted by atomic mass is 16.5. The van der Waals surface area contributed by atoms with Gasteiger partial charge in [0.1, 0.15) is 0 Å². The molecule has 10 heteroatoms. The molecule has 0 saturated carbocycles. The number of piperidine rings is 1. The number of amides is 1. The molecule has 5 aromatic rings. The molecule has 3 aromatic carbocycles. The third kappa shape index (κ3) is 6.85. The molecule has 1 amide bonds. The van der Waals surface area contributed by atoms with E-state index in [1.54, 1.807) is 33.5 Å². The van der Waals surface area contributed by atoms with Crippen LogP contribution in [0.2, 0.25) is 0 Å². The Morgan fingerprint density at radius 1 is 0.900 bits per heavy atom. The van der Waals surface area contributed by atoms with Crippen molar-refractivity contribution < 1.29 is 19.0 Å². The number of carbonyl (C=O) groups excluding carboxylic acids is 1. The van der Waals surface area contributed by atoms with E-state index >= 15 is 0 Å². The van der Waals surface area contributed by atoms with E-state index in [9.17, 15) is 4.79 Å². The van der Waals surface area contributed by atoms with Gasteiger partial charge in [0.2, 0.25) is 11.7 Å². The van der Waals surface area contributed by atoms with E-state index in [1.165, 1.54) is 5.56 Å². The van der Waals surface area contributed by atoms with Crippen molar-refractivity contribution in [3.63, 3.8) is 0 Å². The fourth-order valence-electron chi connectivity index (χ4n) is 7.75. The summed E-state index contributed by atoms with van der Waals surface area (Å²) in [6.45, 7) is 5.03. The van der Waals surface area contributed by atoms with Gasteiger partial charge >= 0.3 is 0 Å². The van der Waals surface area contributed by atoms with Gasteiger partial charge in [0.15, 0.2) is 11.5 Å². The number of aromatic nitrogens is 3. The van der Waals surface area contributed by atoms with Gasteiger partial charge < -0.3 is 33.9 Å². The molecule has 10 nitrogen and oxygen atoms in total. The third-order valence-corrected chi connectivity index (χ3v) is 10.6. The number of fused-ring (bicyclic) bond motifs is 1. The van der Waals surface area contributed by atoms with Crippen molar-refractivity contribution in [1.82, 2.24) is 24.8 Å². The van der Waals surface area contributed by atoms with Crippen molar-refractivity contribution in [2.45, 2.75) is 43.7 Å². The molecule has 4 heterocycles. The fraction of sp³-hybridized carbons (Fsp3) is 0.375. The maximum absolute atomic E-state index is 14.0. The zero-order chi connectivity index (χ0) is 34.5. The van der Waals surface area contributed by atoms with Crippen LogP contribution >= 0.6 is 0 Å². The summed E-state index contributed by atoms with van der Waals surface area (Å²) in [5.41, 5.74) is 4.75. The summed E-state index contributed by atoms with van der Waals surface area (Å²) in [5, 5.41) is 0. The first-order valence-corrected chi connectivity index (χ1v) is 17.5. The molecule has 260 valence electrons. The fourth-order valence-corrected chi connectivity index (χ4v) is 7.75. The van der Waals surface area contributed by atoms with Gasteiger partial charge in [0.05, 0.1) is 44.6 Å². The highest BCUT2D eigenvalue weighted by molar-refractivity contribution is 5.96. The number of rotatable bonds is 12. The maximum Gasteiger partial charge on any atom is 0.254 e. The smallest absolute Gasteiger partial charge is 0.254 e. The van der Waals surface area contributed by atoms with Crippen LogP contribution in [0.25, 0.3) is 11.0 Å². The number of aromatic amines is 1. The van der Waals surface area contributed by atoms with E-state index in [0.717, 1.165) is 68.0 Å². The van der Waals surface area contributed by atoms with Crippen molar-refractivity contribution in [3.8, 4) is 17.2 Å². The van der Waals surface area contributed by atoms with Gasteiger partial charge in [-0.3, -0.25) is 9.78 Å². The van der Waals surface area contributed by atoms with Crippen LogP contribution in [-0.2, 0) is 12.0 Å². The number of nitrogens with zero attached hydrogens (tertiary/aromatic N) is 5. The van der Waals surface area contributed by atoms with Gasteiger partial charge in [-0.25, -0.2) is 4.98 Å². The van der Waals surface area contributed by atoms with Gasteiger partial charge in [-0.15, -0.1) is 0 Å². The number of anilines is 1. The summed E-state index contributed by atoms with van der Waals surface area (Å²) in [6, 6.07) is 28.9. The Morgan fingerprint density at radius 3 is 2.30 bits per heavy atom. The highest BCUT2D eigenvalue weighted by Gasteiger charge is 2.42. The number of hydrogen-bond acceptors (Lipinski definition) is 8. The topological polar surface area (TPSA) is 96.1 Å². The van der Waals surface area contributed by atoms with Crippen LogP contribution in [0.15, 0.2) is 91.1 Å². The van der Waals surface area contributed by atoms with Gasteiger partial charge in [-0.05, 0) is 74.2 Å². The lowest BCUT2D eigenvalue weighted by Crippen LogP contribution is -2.46. The molecule has 0 aliphatic carbocycles. The van der Waals surface area contributed by atoms with Crippen LogP contribution < -0.4 is 19.1 Å². The van der Waals surface area contributed by atoms with Gasteiger partial charge in [-0.1, -0.05) is 48.5 Å². The second-order valence-electron chi connectivity index (χ2n) is 13.4. The molecule has 0 radical (unpaired) electrons. The summed E-state index contributed by atoms with van der Waals surface area (Å²) < 4.78 is 16.6.